The first-order valence-corrected chi connectivity index (χ1v) is 9.43. The Morgan fingerprint density at radius 2 is 2.08 bits per heavy atom. The zero-order chi connectivity index (χ0) is 17.4. The molecule has 1 aromatic rings. The second-order valence-electron chi connectivity index (χ2n) is 6.40. The summed E-state index contributed by atoms with van der Waals surface area (Å²) in [6.07, 6.45) is 1.32. The quantitative estimate of drug-likeness (QED) is 0.753. The summed E-state index contributed by atoms with van der Waals surface area (Å²) >= 11 is 1.59. The fourth-order valence-corrected chi connectivity index (χ4v) is 4.08. The molecule has 0 unspecified atom stereocenters. The summed E-state index contributed by atoms with van der Waals surface area (Å²) in [4.78, 5) is 16.2. The Balaban J connectivity index is 1.95. The van der Waals surface area contributed by atoms with Gasteiger partial charge >= 0.3 is 12.1 Å². The molecular formula is C15H20F3N3O2S. The smallest absolute Gasteiger partial charge is 0.408 e. The van der Waals surface area contributed by atoms with Crippen molar-refractivity contribution in [3.63, 3.8) is 0 Å². The van der Waals surface area contributed by atoms with Crippen LogP contribution in [0.2, 0.25) is 0 Å². The molecule has 1 aliphatic heterocycles. The largest absolute Gasteiger partial charge is 0.458 e. The van der Waals surface area contributed by atoms with E-state index in [1.807, 2.05) is 6.26 Å². The van der Waals surface area contributed by atoms with Crippen LogP contribution in [0.5, 0.6) is 0 Å². The van der Waals surface area contributed by atoms with Gasteiger partial charge in [-0.1, -0.05) is 0 Å². The van der Waals surface area contributed by atoms with Crippen LogP contribution in [0.3, 0.4) is 0 Å². The highest BCUT2D eigenvalue weighted by Crippen LogP contribution is 2.50. The Morgan fingerprint density at radius 3 is 2.71 bits per heavy atom. The third kappa shape index (κ3) is 3.55. The van der Waals surface area contributed by atoms with Crippen molar-refractivity contribution in [3.05, 3.63) is 11.6 Å². The van der Waals surface area contributed by atoms with E-state index in [9.17, 15) is 18.0 Å². The molecule has 0 aromatic carbocycles. The normalized spacial score (nSPS) is 23.2. The summed E-state index contributed by atoms with van der Waals surface area (Å²) in [7, 11) is 0. The standard InChI is InChI=1S/C15H20F3N3O2S/c1-24-7-4-11-19-13(21(20-11)9-15(16,17)18)10-8-12(22)23-14(10)5-2-3-6-14/h10H,2-9H2,1H3/t10-/m1/s1. The predicted molar refractivity (Wildman–Crippen MR) is 82.8 cm³/mol. The van der Waals surface area contributed by atoms with Gasteiger partial charge in [-0.2, -0.15) is 30.0 Å². The van der Waals surface area contributed by atoms with E-state index in [4.69, 9.17) is 4.74 Å². The van der Waals surface area contributed by atoms with Crippen LogP contribution in [0.1, 0.15) is 49.7 Å². The molecule has 1 aliphatic carbocycles. The molecule has 0 bridgehead atoms. The van der Waals surface area contributed by atoms with Crippen LogP contribution in [0.25, 0.3) is 0 Å². The van der Waals surface area contributed by atoms with E-state index in [-0.39, 0.29) is 18.2 Å². The number of alkyl halides is 3. The van der Waals surface area contributed by atoms with Gasteiger partial charge in [-0.3, -0.25) is 4.79 Å². The van der Waals surface area contributed by atoms with E-state index in [1.54, 1.807) is 11.8 Å². The molecular weight excluding hydrogens is 343 g/mol. The van der Waals surface area contributed by atoms with Gasteiger partial charge in [0.1, 0.15) is 18.0 Å². The Morgan fingerprint density at radius 1 is 1.38 bits per heavy atom. The molecule has 24 heavy (non-hydrogen) atoms. The molecule has 2 aliphatic rings. The first-order chi connectivity index (χ1) is 11.3. The third-order valence-electron chi connectivity index (χ3n) is 4.69. The summed E-state index contributed by atoms with van der Waals surface area (Å²) in [6, 6.07) is 0. The highest BCUT2D eigenvalue weighted by atomic mass is 32.2. The van der Waals surface area contributed by atoms with E-state index in [0.717, 1.165) is 23.3 Å². The van der Waals surface area contributed by atoms with Gasteiger partial charge in [0.05, 0.1) is 12.3 Å². The molecule has 0 N–H and O–H groups in total. The number of hydrogen-bond donors (Lipinski definition) is 0. The van der Waals surface area contributed by atoms with Crippen molar-refractivity contribution in [3.8, 4) is 0 Å². The van der Waals surface area contributed by atoms with Gasteiger partial charge < -0.3 is 4.74 Å². The predicted octanol–water partition coefficient (Wildman–Crippen LogP) is 3.09. The Labute approximate surface area is 142 Å². The van der Waals surface area contributed by atoms with Gasteiger partial charge in [0.2, 0.25) is 0 Å². The maximum Gasteiger partial charge on any atom is 0.408 e. The highest BCUT2D eigenvalue weighted by molar-refractivity contribution is 7.98. The molecule has 1 aromatic heterocycles. The number of carbonyl (C=O) groups excluding carboxylic acids is 1. The lowest BCUT2D eigenvalue weighted by molar-refractivity contribution is -0.149. The molecule has 1 spiro atoms. The number of nitrogens with zero attached hydrogens (tertiary/aromatic N) is 3. The molecule has 5 nitrogen and oxygen atoms in total. The Bertz CT molecular complexity index is 612. The number of hydrogen-bond acceptors (Lipinski definition) is 5. The number of rotatable bonds is 5. The second-order valence-corrected chi connectivity index (χ2v) is 7.39. The number of carbonyl (C=O) groups is 1. The van der Waals surface area contributed by atoms with Crippen LogP contribution in [-0.2, 0) is 22.5 Å². The number of halogens is 3. The lowest BCUT2D eigenvalue weighted by Gasteiger charge is -2.28. The number of aromatic nitrogens is 3. The molecule has 1 atom stereocenters. The van der Waals surface area contributed by atoms with Crippen molar-refractivity contribution < 1.29 is 22.7 Å². The van der Waals surface area contributed by atoms with E-state index in [1.165, 1.54) is 0 Å². The van der Waals surface area contributed by atoms with Gasteiger partial charge in [0.25, 0.3) is 0 Å². The van der Waals surface area contributed by atoms with Crippen molar-refractivity contribution in [1.29, 1.82) is 0 Å². The maximum absolute atomic E-state index is 12.9. The van der Waals surface area contributed by atoms with Gasteiger partial charge in [-0.05, 0) is 31.9 Å². The van der Waals surface area contributed by atoms with Gasteiger partial charge in [0.15, 0.2) is 5.82 Å². The summed E-state index contributed by atoms with van der Waals surface area (Å²) in [5.74, 6) is 0.590. The number of thioether (sulfide) groups is 1. The average Bonchev–Trinajstić information content (AvgIpc) is 3.16. The fraction of sp³-hybridized carbons (Fsp3) is 0.800. The van der Waals surface area contributed by atoms with Crippen LogP contribution in [0, 0.1) is 0 Å². The zero-order valence-electron chi connectivity index (χ0n) is 13.4. The fourth-order valence-electron chi connectivity index (χ4n) is 3.69. The molecule has 3 rings (SSSR count). The first kappa shape index (κ1) is 17.6. The van der Waals surface area contributed by atoms with Crippen molar-refractivity contribution in [2.75, 3.05) is 12.0 Å². The summed E-state index contributed by atoms with van der Waals surface area (Å²) < 4.78 is 45.3. The SMILES string of the molecule is CSCCc1nc([C@H]2CC(=O)OC23CCCC3)n(CC(F)(F)F)n1. The van der Waals surface area contributed by atoms with Gasteiger partial charge in [0, 0.05) is 12.2 Å². The van der Waals surface area contributed by atoms with Crippen molar-refractivity contribution in [1.82, 2.24) is 14.8 Å². The number of ether oxygens (including phenoxy) is 1. The molecule has 1 saturated carbocycles. The highest BCUT2D eigenvalue weighted by Gasteiger charge is 2.53. The monoisotopic (exact) mass is 363 g/mol. The van der Waals surface area contributed by atoms with Crippen molar-refractivity contribution in [2.45, 2.75) is 62.8 Å². The minimum Gasteiger partial charge on any atom is -0.458 e. The maximum atomic E-state index is 12.9. The van der Waals surface area contributed by atoms with Crippen LogP contribution < -0.4 is 0 Å². The third-order valence-corrected chi connectivity index (χ3v) is 5.30. The van der Waals surface area contributed by atoms with Crippen molar-refractivity contribution in [2.24, 2.45) is 0 Å². The molecule has 2 heterocycles. The van der Waals surface area contributed by atoms with Gasteiger partial charge in [-0.25, -0.2) is 9.67 Å². The summed E-state index contributed by atoms with van der Waals surface area (Å²) in [5, 5.41) is 4.06. The summed E-state index contributed by atoms with van der Waals surface area (Å²) in [6.45, 7) is -1.19. The molecule has 134 valence electrons. The van der Waals surface area contributed by atoms with Crippen molar-refractivity contribution >= 4 is 17.7 Å². The molecule has 0 radical (unpaired) electrons. The molecule has 9 heteroatoms. The van der Waals surface area contributed by atoms with E-state index >= 15 is 0 Å². The molecule has 1 saturated heterocycles. The number of aryl methyl sites for hydroxylation is 1. The Hall–Kier alpha value is -1.25. The van der Waals surface area contributed by atoms with Crippen LogP contribution in [-0.4, -0.2) is 44.5 Å². The molecule has 2 fully saturated rings. The number of esters is 1. The average molecular weight is 363 g/mol. The van der Waals surface area contributed by atoms with E-state index in [2.05, 4.69) is 10.1 Å². The topological polar surface area (TPSA) is 57.0 Å². The van der Waals surface area contributed by atoms with Gasteiger partial charge in [-0.15, -0.1) is 0 Å². The van der Waals surface area contributed by atoms with E-state index < -0.39 is 24.2 Å². The summed E-state index contributed by atoms with van der Waals surface area (Å²) in [5.41, 5.74) is -0.690. The Kier molecular flexibility index (Phi) is 4.81. The lowest BCUT2D eigenvalue weighted by atomic mass is 9.85. The second kappa shape index (κ2) is 6.57. The minimum atomic E-state index is -4.38. The van der Waals surface area contributed by atoms with Crippen LogP contribution >= 0.6 is 11.8 Å². The lowest BCUT2D eigenvalue weighted by Crippen LogP contribution is -2.33. The zero-order valence-corrected chi connectivity index (χ0v) is 14.3. The minimum absolute atomic E-state index is 0.0819. The van der Waals surface area contributed by atoms with Crippen LogP contribution in [0.15, 0.2) is 0 Å². The molecule has 0 amide bonds. The van der Waals surface area contributed by atoms with E-state index in [0.29, 0.717) is 25.1 Å². The van der Waals surface area contributed by atoms with Crippen LogP contribution in [0.4, 0.5) is 13.2 Å². The first-order valence-electron chi connectivity index (χ1n) is 8.04.